The third kappa shape index (κ3) is 3.31. The lowest BCUT2D eigenvalue weighted by Crippen LogP contribution is -2.45. The largest absolute Gasteiger partial charge is 0.393 e. The SMILES string of the molecule is CN/C=C(\C=N)c1nc(NC2CCCCC2NC)c(C)c2c1C(=O)NC2. The monoisotopic (exact) mass is 356 g/mol. The molecule has 1 aromatic heterocycles. The van der Waals surface area contributed by atoms with Crippen LogP contribution in [0.25, 0.3) is 5.57 Å². The Morgan fingerprint density at radius 1 is 1.27 bits per heavy atom. The molecular formula is C19H28N6O. The average molecular weight is 356 g/mol. The third-order valence-corrected chi connectivity index (χ3v) is 5.41. The molecule has 7 nitrogen and oxygen atoms in total. The number of carbonyl (C=O) groups is 1. The molecule has 1 aliphatic carbocycles. The van der Waals surface area contributed by atoms with Crippen LogP contribution in [0.3, 0.4) is 0 Å². The van der Waals surface area contributed by atoms with Gasteiger partial charge in [0.25, 0.3) is 5.91 Å². The number of likely N-dealkylation sites (N-methyl/N-ethyl adjacent to an activating group) is 1. The number of aromatic nitrogens is 1. The first-order chi connectivity index (χ1) is 12.6. The number of nitrogens with zero attached hydrogens (tertiary/aromatic N) is 1. The molecule has 1 saturated carbocycles. The van der Waals surface area contributed by atoms with Crippen molar-refractivity contribution in [1.82, 2.24) is 20.9 Å². The lowest BCUT2D eigenvalue weighted by molar-refractivity contribution is 0.0965. The zero-order valence-electron chi connectivity index (χ0n) is 15.7. The summed E-state index contributed by atoms with van der Waals surface area (Å²) < 4.78 is 0. The summed E-state index contributed by atoms with van der Waals surface area (Å²) in [5.74, 6) is 0.693. The van der Waals surface area contributed by atoms with Crippen molar-refractivity contribution < 1.29 is 4.79 Å². The van der Waals surface area contributed by atoms with Gasteiger partial charge in [0.1, 0.15) is 5.82 Å². The van der Waals surface area contributed by atoms with Crippen LogP contribution >= 0.6 is 0 Å². The van der Waals surface area contributed by atoms with Gasteiger partial charge in [0.2, 0.25) is 0 Å². The second-order valence-electron chi connectivity index (χ2n) is 6.93. The molecule has 2 heterocycles. The maximum Gasteiger partial charge on any atom is 0.254 e. The number of hydrogen-bond donors (Lipinski definition) is 5. The number of rotatable bonds is 6. The van der Waals surface area contributed by atoms with Crippen molar-refractivity contribution in [3.05, 3.63) is 28.6 Å². The molecule has 1 fully saturated rings. The minimum atomic E-state index is -0.119. The molecule has 2 unspecified atom stereocenters. The number of hydrogen-bond acceptors (Lipinski definition) is 6. The van der Waals surface area contributed by atoms with E-state index in [0.29, 0.717) is 35.5 Å². The van der Waals surface area contributed by atoms with E-state index in [2.05, 4.69) is 21.3 Å². The van der Waals surface area contributed by atoms with Crippen molar-refractivity contribution in [3.8, 4) is 0 Å². The summed E-state index contributed by atoms with van der Waals surface area (Å²) in [6, 6.07) is 0.726. The number of fused-ring (bicyclic) bond motifs is 1. The van der Waals surface area contributed by atoms with Gasteiger partial charge in [0.05, 0.1) is 11.3 Å². The molecule has 140 valence electrons. The quantitative estimate of drug-likeness (QED) is 0.500. The van der Waals surface area contributed by atoms with Crippen molar-refractivity contribution in [1.29, 1.82) is 5.41 Å². The van der Waals surface area contributed by atoms with Crippen molar-refractivity contribution in [2.45, 2.75) is 51.2 Å². The van der Waals surface area contributed by atoms with Crippen LogP contribution in [0.1, 0.15) is 52.9 Å². The molecule has 1 aromatic rings. The third-order valence-electron chi connectivity index (χ3n) is 5.41. The van der Waals surface area contributed by atoms with Gasteiger partial charge in [-0.15, -0.1) is 0 Å². The predicted octanol–water partition coefficient (Wildman–Crippen LogP) is 1.79. The van der Waals surface area contributed by atoms with E-state index in [4.69, 9.17) is 10.4 Å². The van der Waals surface area contributed by atoms with E-state index in [1.54, 1.807) is 13.2 Å². The molecule has 2 aliphatic rings. The summed E-state index contributed by atoms with van der Waals surface area (Å²) in [6.07, 6.45) is 7.64. The molecule has 2 atom stereocenters. The van der Waals surface area contributed by atoms with Crippen LogP contribution in [-0.2, 0) is 6.54 Å². The number of amides is 1. The smallest absolute Gasteiger partial charge is 0.254 e. The number of nitrogens with one attached hydrogen (secondary N) is 5. The molecule has 0 spiro atoms. The topological polar surface area (TPSA) is 102 Å². The average Bonchev–Trinajstić information content (AvgIpc) is 3.05. The maximum absolute atomic E-state index is 12.4. The summed E-state index contributed by atoms with van der Waals surface area (Å²) in [6.45, 7) is 2.52. The normalized spacial score (nSPS) is 22.6. The lowest BCUT2D eigenvalue weighted by atomic mass is 9.90. The fourth-order valence-corrected chi connectivity index (χ4v) is 3.96. The molecule has 0 radical (unpaired) electrons. The van der Waals surface area contributed by atoms with Gasteiger partial charge >= 0.3 is 0 Å². The molecule has 0 aromatic carbocycles. The standard InChI is InChI=1S/C19H28N6O/c1-11-13-10-23-19(26)16(13)17(12(8-20)9-21-2)25-18(11)24-15-7-5-4-6-14(15)22-3/h8-9,14-15,20-22H,4-7,10H2,1-3H3,(H,23,26)(H,24,25)/b12-9+,20-8?. The summed E-state index contributed by atoms with van der Waals surface area (Å²) >= 11 is 0. The van der Waals surface area contributed by atoms with E-state index in [9.17, 15) is 4.79 Å². The highest BCUT2D eigenvalue weighted by Crippen LogP contribution is 2.32. The Morgan fingerprint density at radius 3 is 2.65 bits per heavy atom. The molecule has 0 bridgehead atoms. The Labute approximate surface area is 154 Å². The van der Waals surface area contributed by atoms with Crippen LogP contribution in [0, 0.1) is 12.3 Å². The molecule has 26 heavy (non-hydrogen) atoms. The minimum Gasteiger partial charge on any atom is -0.393 e. The first kappa shape index (κ1) is 18.4. The Kier molecular flexibility index (Phi) is 5.56. The Bertz CT molecular complexity index is 742. The lowest BCUT2D eigenvalue weighted by Gasteiger charge is -2.33. The molecule has 3 rings (SSSR count). The van der Waals surface area contributed by atoms with Crippen LogP contribution in [0.4, 0.5) is 5.82 Å². The first-order valence-corrected chi connectivity index (χ1v) is 9.24. The fourth-order valence-electron chi connectivity index (χ4n) is 3.96. The number of anilines is 1. The van der Waals surface area contributed by atoms with E-state index in [1.807, 2.05) is 14.0 Å². The zero-order chi connectivity index (χ0) is 18.7. The van der Waals surface area contributed by atoms with Gasteiger partial charge in [-0.25, -0.2) is 4.98 Å². The van der Waals surface area contributed by atoms with E-state index < -0.39 is 0 Å². The second kappa shape index (κ2) is 7.86. The summed E-state index contributed by atoms with van der Waals surface area (Å²) in [4.78, 5) is 17.1. The van der Waals surface area contributed by atoms with Gasteiger partial charge in [0, 0.05) is 43.7 Å². The predicted molar refractivity (Wildman–Crippen MR) is 105 cm³/mol. The zero-order valence-corrected chi connectivity index (χ0v) is 15.7. The fraction of sp³-hybridized carbons (Fsp3) is 0.526. The number of carbonyl (C=O) groups excluding carboxylic acids is 1. The van der Waals surface area contributed by atoms with Crippen LogP contribution in [0.5, 0.6) is 0 Å². The van der Waals surface area contributed by atoms with Crippen LogP contribution in [0.2, 0.25) is 0 Å². The summed E-state index contributed by atoms with van der Waals surface area (Å²) in [5, 5.41) is 20.6. The highest BCUT2D eigenvalue weighted by Gasteiger charge is 2.30. The summed E-state index contributed by atoms with van der Waals surface area (Å²) in [7, 11) is 3.78. The van der Waals surface area contributed by atoms with E-state index in [-0.39, 0.29) is 5.91 Å². The Hall–Kier alpha value is -2.41. The van der Waals surface area contributed by atoms with Gasteiger partial charge in [0.15, 0.2) is 0 Å². The van der Waals surface area contributed by atoms with Gasteiger partial charge in [-0.05, 0) is 37.9 Å². The molecule has 0 saturated heterocycles. The van der Waals surface area contributed by atoms with Gasteiger partial charge in [-0.2, -0.15) is 0 Å². The van der Waals surface area contributed by atoms with Crippen molar-refractivity contribution in [2.75, 3.05) is 19.4 Å². The number of pyridine rings is 1. The molecule has 1 aliphatic heterocycles. The van der Waals surface area contributed by atoms with E-state index in [0.717, 1.165) is 29.8 Å². The molecule has 1 amide bonds. The molecule has 7 heteroatoms. The summed E-state index contributed by atoms with van der Waals surface area (Å²) in [5.41, 5.74) is 3.73. The van der Waals surface area contributed by atoms with Crippen LogP contribution in [0.15, 0.2) is 6.20 Å². The minimum absolute atomic E-state index is 0.119. The van der Waals surface area contributed by atoms with E-state index in [1.165, 1.54) is 19.1 Å². The van der Waals surface area contributed by atoms with Gasteiger partial charge in [-0.1, -0.05) is 12.8 Å². The maximum atomic E-state index is 12.4. The highest BCUT2D eigenvalue weighted by molar-refractivity contribution is 6.13. The Balaban J connectivity index is 2.05. The van der Waals surface area contributed by atoms with Crippen molar-refractivity contribution in [2.24, 2.45) is 0 Å². The highest BCUT2D eigenvalue weighted by atomic mass is 16.1. The van der Waals surface area contributed by atoms with Gasteiger partial charge < -0.3 is 26.7 Å². The number of allylic oxidation sites excluding steroid dienone is 1. The molecular weight excluding hydrogens is 328 g/mol. The van der Waals surface area contributed by atoms with Crippen molar-refractivity contribution in [3.63, 3.8) is 0 Å². The van der Waals surface area contributed by atoms with Crippen LogP contribution < -0.4 is 21.3 Å². The van der Waals surface area contributed by atoms with E-state index >= 15 is 0 Å². The molecule has 5 N–H and O–H groups in total. The first-order valence-electron chi connectivity index (χ1n) is 9.24. The second-order valence-corrected chi connectivity index (χ2v) is 6.93. The van der Waals surface area contributed by atoms with Crippen LogP contribution in [-0.4, -0.2) is 43.3 Å². The van der Waals surface area contributed by atoms with Crippen molar-refractivity contribution >= 4 is 23.5 Å². The van der Waals surface area contributed by atoms with Gasteiger partial charge in [-0.3, -0.25) is 4.79 Å². The Morgan fingerprint density at radius 2 is 2.00 bits per heavy atom.